The molecule has 0 aliphatic carbocycles. The van der Waals surface area contributed by atoms with Crippen molar-refractivity contribution in [2.24, 2.45) is 0 Å². The Labute approximate surface area is 185 Å². The number of likely N-dealkylation sites (N-methyl/N-ethyl adjacent to an activating group) is 1. The van der Waals surface area contributed by atoms with Crippen LogP contribution in [0.5, 0.6) is 11.5 Å². The molecular weight excluding hydrogens is 386 g/mol. The van der Waals surface area contributed by atoms with Gasteiger partial charge in [-0.05, 0) is 73.8 Å². The molecule has 1 aliphatic heterocycles. The molecule has 166 valence electrons. The van der Waals surface area contributed by atoms with E-state index in [0.717, 1.165) is 44.1 Å². The van der Waals surface area contributed by atoms with E-state index >= 15 is 0 Å². The zero-order valence-corrected chi connectivity index (χ0v) is 19.5. The number of benzene rings is 2. The molecule has 5 nitrogen and oxygen atoms in total. The van der Waals surface area contributed by atoms with Crippen LogP contribution in [-0.2, 0) is 6.42 Å². The number of H-pyrrole nitrogens is 1. The third-order valence-electron chi connectivity index (χ3n) is 6.47. The van der Waals surface area contributed by atoms with Crippen molar-refractivity contribution in [3.63, 3.8) is 0 Å². The minimum absolute atomic E-state index is 0.120. The number of aromatic amines is 1. The van der Waals surface area contributed by atoms with Crippen molar-refractivity contribution in [3.8, 4) is 11.5 Å². The molecule has 1 atom stereocenters. The van der Waals surface area contributed by atoms with Crippen molar-refractivity contribution >= 4 is 10.9 Å². The van der Waals surface area contributed by atoms with Gasteiger partial charge in [-0.2, -0.15) is 0 Å². The number of fused-ring (bicyclic) bond motifs is 3. The number of nitrogens with zero attached hydrogens (tertiary/aromatic N) is 1. The van der Waals surface area contributed by atoms with Gasteiger partial charge < -0.3 is 24.7 Å². The molecule has 4 rings (SSSR count). The first-order valence-electron chi connectivity index (χ1n) is 11.4. The van der Waals surface area contributed by atoms with Gasteiger partial charge in [0.25, 0.3) is 0 Å². The van der Waals surface area contributed by atoms with Gasteiger partial charge in [-0.25, -0.2) is 0 Å². The molecule has 0 fully saturated rings. The monoisotopic (exact) mass is 421 g/mol. The predicted octanol–water partition coefficient (Wildman–Crippen LogP) is 4.75. The molecule has 2 N–H and O–H groups in total. The summed E-state index contributed by atoms with van der Waals surface area (Å²) < 4.78 is 11.7. The van der Waals surface area contributed by atoms with E-state index in [-0.39, 0.29) is 6.04 Å². The summed E-state index contributed by atoms with van der Waals surface area (Å²) in [6, 6.07) is 11.0. The summed E-state index contributed by atoms with van der Waals surface area (Å²) in [7, 11) is 1.71. The number of hydrogen-bond acceptors (Lipinski definition) is 4. The average molecular weight is 422 g/mol. The summed E-state index contributed by atoms with van der Waals surface area (Å²) in [5.41, 5.74) is 7.78. The zero-order valence-electron chi connectivity index (χ0n) is 19.5. The highest BCUT2D eigenvalue weighted by atomic mass is 16.5. The second-order valence-corrected chi connectivity index (χ2v) is 8.44. The molecule has 0 saturated carbocycles. The minimum atomic E-state index is 0.120. The first-order valence-corrected chi connectivity index (χ1v) is 11.4. The molecule has 2 heterocycles. The molecule has 0 spiro atoms. The molecule has 0 bridgehead atoms. The van der Waals surface area contributed by atoms with Gasteiger partial charge in [0.1, 0.15) is 6.61 Å². The number of aromatic nitrogens is 1. The third kappa shape index (κ3) is 4.30. The molecule has 0 radical (unpaired) electrons. The third-order valence-corrected chi connectivity index (χ3v) is 6.47. The van der Waals surface area contributed by atoms with E-state index in [1.54, 1.807) is 7.11 Å². The van der Waals surface area contributed by atoms with Gasteiger partial charge in [0.2, 0.25) is 0 Å². The van der Waals surface area contributed by atoms with Crippen molar-refractivity contribution in [2.45, 2.75) is 40.2 Å². The second kappa shape index (κ2) is 9.33. The van der Waals surface area contributed by atoms with Crippen molar-refractivity contribution in [3.05, 3.63) is 58.3 Å². The van der Waals surface area contributed by atoms with Crippen LogP contribution in [0.1, 0.15) is 47.8 Å². The minimum Gasteiger partial charge on any atom is -0.493 e. The Morgan fingerprint density at radius 3 is 2.61 bits per heavy atom. The Bertz CT molecular complexity index is 1050. The largest absolute Gasteiger partial charge is 0.493 e. The van der Waals surface area contributed by atoms with Crippen LogP contribution in [0, 0.1) is 13.8 Å². The summed E-state index contributed by atoms with van der Waals surface area (Å²) >= 11 is 0. The van der Waals surface area contributed by atoms with Crippen molar-refractivity contribution in [1.82, 2.24) is 15.2 Å². The summed E-state index contributed by atoms with van der Waals surface area (Å²) in [4.78, 5) is 6.07. The van der Waals surface area contributed by atoms with E-state index in [4.69, 9.17) is 9.47 Å². The summed E-state index contributed by atoms with van der Waals surface area (Å²) in [6.45, 7) is 13.3. The standard InChI is InChI=1S/C26H35N3O2/c1-6-29(7-2)12-13-31-22-9-8-19(16-23(22)30-5)25-26-20(10-11-27-25)24-18(4)14-17(3)15-21(24)28-26/h8-9,14-16,25,27-28H,6-7,10-13H2,1-5H3. The number of rotatable bonds is 8. The normalized spacial score (nSPS) is 16.0. The maximum Gasteiger partial charge on any atom is 0.161 e. The van der Waals surface area contributed by atoms with E-state index in [2.05, 4.69) is 67.2 Å². The van der Waals surface area contributed by atoms with Crippen LogP contribution < -0.4 is 14.8 Å². The second-order valence-electron chi connectivity index (χ2n) is 8.44. The van der Waals surface area contributed by atoms with Crippen LogP contribution >= 0.6 is 0 Å². The van der Waals surface area contributed by atoms with Crippen LogP contribution in [0.15, 0.2) is 30.3 Å². The molecule has 1 aromatic heterocycles. The number of aryl methyl sites for hydroxylation is 2. The molecular formula is C26H35N3O2. The van der Waals surface area contributed by atoms with Crippen molar-refractivity contribution in [1.29, 1.82) is 0 Å². The maximum absolute atomic E-state index is 6.06. The number of nitrogens with one attached hydrogen (secondary N) is 2. The highest BCUT2D eigenvalue weighted by molar-refractivity contribution is 5.89. The van der Waals surface area contributed by atoms with E-state index < -0.39 is 0 Å². The molecule has 1 unspecified atom stereocenters. The molecule has 2 aromatic carbocycles. The fraction of sp³-hybridized carbons (Fsp3) is 0.462. The Kier molecular flexibility index (Phi) is 6.54. The van der Waals surface area contributed by atoms with Gasteiger partial charge in [0, 0.05) is 29.7 Å². The zero-order chi connectivity index (χ0) is 22.0. The summed E-state index contributed by atoms with van der Waals surface area (Å²) in [6.07, 6.45) is 1.04. The van der Waals surface area contributed by atoms with Crippen LogP contribution in [0.2, 0.25) is 0 Å². The average Bonchev–Trinajstić information content (AvgIpc) is 3.15. The van der Waals surface area contributed by atoms with Crippen LogP contribution in [-0.4, -0.2) is 49.8 Å². The number of ether oxygens (including phenoxy) is 2. The Morgan fingerprint density at radius 1 is 1.06 bits per heavy atom. The predicted molar refractivity (Wildman–Crippen MR) is 128 cm³/mol. The van der Waals surface area contributed by atoms with Crippen molar-refractivity contribution in [2.75, 3.05) is 39.9 Å². The smallest absolute Gasteiger partial charge is 0.161 e. The van der Waals surface area contributed by atoms with Gasteiger partial charge >= 0.3 is 0 Å². The first kappa shape index (κ1) is 21.7. The lowest BCUT2D eigenvalue weighted by Crippen LogP contribution is -2.30. The topological polar surface area (TPSA) is 49.5 Å². The van der Waals surface area contributed by atoms with E-state index in [1.807, 2.05) is 6.07 Å². The number of methoxy groups -OCH3 is 1. The molecule has 31 heavy (non-hydrogen) atoms. The number of hydrogen-bond donors (Lipinski definition) is 2. The van der Waals surface area contributed by atoms with Crippen LogP contribution in [0.3, 0.4) is 0 Å². The first-order chi connectivity index (χ1) is 15.0. The molecule has 0 amide bonds. The lowest BCUT2D eigenvalue weighted by molar-refractivity contribution is 0.217. The fourth-order valence-electron chi connectivity index (χ4n) is 4.86. The highest BCUT2D eigenvalue weighted by Gasteiger charge is 2.26. The van der Waals surface area contributed by atoms with Gasteiger partial charge in [-0.15, -0.1) is 0 Å². The fourth-order valence-corrected chi connectivity index (χ4v) is 4.86. The Hall–Kier alpha value is -2.50. The Balaban J connectivity index is 1.61. The summed E-state index contributed by atoms with van der Waals surface area (Å²) in [5, 5.41) is 5.08. The lowest BCUT2D eigenvalue weighted by atomic mass is 9.92. The van der Waals surface area contributed by atoms with Crippen molar-refractivity contribution < 1.29 is 9.47 Å². The van der Waals surface area contributed by atoms with Crippen LogP contribution in [0.4, 0.5) is 0 Å². The van der Waals surface area contributed by atoms with E-state index in [0.29, 0.717) is 6.61 Å². The highest BCUT2D eigenvalue weighted by Crippen LogP contribution is 2.38. The summed E-state index contributed by atoms with van der Waals surface area (Å²) in [5.74, 6) is 1.59. The molecule has 3 aromatic rings. The van der Waals surface area contributed by atoms with E-state index in [9.17, 15) is 0 Å². The Morgan fingerprint density at radius 2 is 1.87 bits per heavy atom. The van der Waals surface area contributed by atoms with E-state index in [1.165, 1.54) is 38.9 Å². The molecule has 1 aliphatic rings. The SMILES string of the molecule is CCN(CC)CCOc1ccc(C2NCCc3c2[nH]c2cc(C)cc(C)c32)cc1OC. The molecule has 5 heteroatoms. The van der Waals surface area contributed by atoms with Gasteiger partial charge in [0.15, 0.2) is 11.5 Å². The quantitative estimate of drug-likeness (QED) is 0.551. The van der Waals surface area contributed by atoms with Crippen LogP contribution in [0.25, 0.3) is 10.9 Å². The van der Waals surface area contributed by atoms with Gasteiger partial charge in [0.05, 0.1) is 13.2 Å². The lowest BCUT2D eigenvalue weighted by Gasteiger charge is -2.26. The maximum atomic E-state index is 6.06. The van der Waals surface area contributed by atoms with Gasteiger partial charge in [-0.1, -0.05) is 26.0 Å². The molecule has 0 saturated heterocycles. The van der Waals surface area contributed by atoms with Gasteiger partial charge in [-0.3, -0.25) is 0 Å².